The van der Waals surface area contributed by atoms with Gasteiger partial charge in [-0.05, 0) is 51.7 Å². The van der Waals surface area contributed by atoms with Crippen LogP contribution in [0.3, 0.4) is 0 Å². The van der Waals surface area contributed by atoms with Crippen LogP contribution in [0.25, 0.3) is 0 Å². The number of esters is 1. The summed E-state index contributed by atoms with van der Waals surface area (Å²) < 4.78 is 5.42. The van der Waals surface area contributed by atoms with Gasteiger partial charge in [-0.1, -0.05) is 54.5 Å². The summed E-state index contributed by atoms with van der Waals surface area (Å²) in [5.74, 6) is -0.303. The molecule has 2 heteroatoms. The molecule has 1 atom stereocenters. The highest BCUT2D eigenvalue weighted by Gasteiger charge is 2.19. The van der Waals surface area contributed by atoms with E-state index in [9.17, 15) is 4.79 Å². The van der Waals surface area contributed by atoms with Crippen LogP contribution in [0.1, 0.15) is 58.4 Å². The topological polar surface area (TPSA) is 26.3 Å². The molecule has 0 radical (unpaired) electrons. The van der Waals surface area contributed by atoms with Crippen molar-refractivity contribution in [2.75, 3.05) is 6.61 Å². The molecule has 0 aliphatic heterocycles. The standard InChI is InChI=1S/C20H28O2/c1-5-19(18-12-7-6-8-13-18)20(21)22-15-14-17(4)11-9-10-16(2)3/h6-8,10,12-14,19H,5,9,11,15H2,1-4H3/b17-14+. The minimum absolute atomic E-state index is 0.137. The molecule has 0 aliphatic carbocycles. The largest absolute Gasteiger partial charge is 0.461 e. The summed E-state index contributed by atoms with van der Waals surface area (Å²) >= 11 is 0. The number of ether oxygens (including phenoxy) is 1. The van der Waals surface area contributed by atoms with Crippen molar-refractivity contribution in [3.05, 3.63) is 59.2 Å². The summed E-state index contributed by atoms with van der Waals surface area (Å²) in [7, 11) is 0. The maximum atomic E-state index is 12.2. The van der Waals surface area contributed by atoms with Gasteiger partial charge in [0.25, 0.3) is 0 Å². The Bertz CT molecular complexity index is 508. The van der Waals surface area contributed by atoms with Crippen molar-refractivity contribution in [2.45, 2.75) is 52.9 Å². The second-order valence-corrected chi connectivity index (χ2v) is 5.87. The second kappa shape index (κ2) is 9.99. The lowest BCUT2D eigenvalue weighted by Crippen LogP contribution is -2.15. The molecule has 2 nitrogen and oxygen atoms in total. The van der Waals surface area contributed by atoms with Gasteiger partial charge in [-0.3, -0.25) is 4.79 Å². The maximum absolute atomic E-state index is 12.2. The van der Waals surface area contributed by atoms with E-state index in [4.69, 9.17) is 4.74 Å². The molecule has 0 N–H and O–H groups in total. The number of rotatable bonds is 8. The van der Waals surface area contributed by atoms with E-state index in [-0.39, 0.29) is 11.9 Å². The van der Waals surface area contributed by atoms with Gasteiger partial charge in [-0.25, -0.2) is 0 Å². The SMILES string of the molecule is CCC(C(=O)OC/C=C(\C)CCC=C(C)C)c1ccccc1. The van der Waals surface area contributed by atoms with Gasteiger partial charge in [0, 0.05) is 0 Å². The van der Waals surface area contributed by atoms with Crippen molar-refractivity contribution < 1.29 is 9.53 Å². The highest BCUT2D eigenvalue weighted by molar-refractivity contribution is 5.78. The van der Waals surface area contributed by atoms with Crippen LogP contribution in [0.4, 0.5) is 0 Å². The highest BCUT2D eigenvalue weighted by atomic mass is 16.5. The summed E-state index contributed by atoms with van der Waals surface area (Å²) in [5.41, 5.74) is 3.63. The summed E-state index contributed by atoms with van der Waals surface area (Å²) in [5, 5.41) is 0. The van der Waals surface area contributed by atoms with Gasteiger partial charge in [-0.2, -0.15) is 0 Å². The molecule has 1 aromatic rings. The molecule has 0 saturated carbocycles. The van der Waals surface area contributed by atoms with Gasteiger partial charge in [0.05, 0.1) is 5.92 Å². The molecule has 0 aliphatic rings. The Labute approximate surface area is 134 Å². The zero-order valence-corrected chi connectivity index (χ0v) is 14.3. The molecule has 0 amide bonds. The first-order valence-corrected chi connectivity index (χ1v) is 8.05. The number of benzene rings is 1. The Morgan fingerprint density at radius 2 is 1.82 bits per heavy atom. The fraction of sp³-hybridized carbons (Fsp3) is 0.450. The first-order chi connectivity index (χ1) is 10.5. The summed E-state index contributed by atoms with van der Waals surface area (Å²) in [6, 6.07) is 9.84. The normalized spacial score (nSPS) is 12.6. The van der Waals surface area contributed by atoms with Crippen LogP contribution in [-0.4, -0.2) is 12.6 Å². The predicted molar refractivity (Wildman–Crippen MR) is 92.9 cm³/mol. The van der Waals surface area contributed by atoms with E-state index in [0.29, 0.717) is 6.61 Å². The molecule has 22 heavy (non-hydrogen) atoms. The van der Waals surface area contributed by atoms with Crippen LogP contribution < -0.4 is 0 Å². The van der Waals surface area contributed by atoms with Gasteiger partial charge in [0.15, 0.2) is 0 Å². The van der Waals surface area contributed by atoms with Gasteiger partial charge in [0.1, 0.15) is 6.61 Å². The fourth-order valence-electron chi connectivity index (χ4n) is 2.28. The third-order valence-electron chi connectivity index (χ3n) is 3.64. The third-order valence-corrected chi connectivity index (χ3v) is 3.64. The van der Waals surface area contributed by atoms with Crippen molar-refractivity contribution in [3.8, 4) is 0 Å². The number of allylic oxidation sites excluding steroid dienone is 3. The zero-order chi connectivity index (χ0) is 16.4. The molecule has 1 aromatic carbocycles. The lowest BCUT2D eigenvalue weighted by Gasteiger charge is -2.13. The van der Waals surface area contributed by atoms with E-state index in [2.05, 4.69) is 26.8 Å². The van der Waals surface area contributed by atoms with E-state index < -0.39 is 0 Å². The Hall–Kier alpha value is -1.83. The van der Waals surface area contributed by atoms with Crippen LogP contribution in [0.2, 0.25) is 0 Å². The fourth-order valence-corrected chi connectivity index (χ4v) is 2.28. The molecule has 0 fully saturated rings. The van der Waals surface area contributed by atoms with Crippen LogP contribution in [0.5, 0.6) is 0 Å². The minimum atomic E-state index is -0.166. The van der Waals surface area contributed by atoms with Gasteiger partial charge >= 0.3 is 5.97 Å². The average molecular weight is 300 g/mol. The van der Waals surface area contributed by atoms with E-state index in [0.717, 1.165) is 24.8 Å². The highest BCUT2D eigenvalue weighted by Crippen LogP contribution is 2.20. The molecule has 1 unspecified atom stereocenters. The number of carbonyl (C=O) groups excluding carboxylic acids is 1. The Morgan fingerprint density at radius 3 is 2.41 bits per heavy atom. The van der Waals surface area contributed by atoms with Gasteiger partial charge < -0.3 is 4.74 Å². The second-order valence-electron chi connectivity index (χ2n) is 5.87. The van der Waals surface area contributed by atoms with Crippen molar-refractivity contribution >= 4 is 5.97 Å². The molecule has 0 heterocycles. The average Bonchev–Trinajstić information content (AvgIpc) is 2.48. The molecule has 0 aromatic heterocycles. The van der Waals surface area contributed by atoms with Crippen molar-refractivity contribution in [3.63, 3.8) is 0 Å². The Kier molecular flexibility index (Phi) is 8.27. The molecule has 0 saturated heterocycles. The van der Waals surface area contributed by atoms with E-state index in [1.54, 1.807) is 0 Å². The molecule has 1 rings (SSSR count). The first kappa shape index (κ1) is 18.2. The molecular weight excluding hydrogens is 272 g/mol. The Morgan fingerprint density at radius 1 is 1.14 bits per heavy atom. The minimum Gasteiger partial charge on any atom is -0.461 e. The van der Waals surface area contributed by atoms with Crippen LogP contribution in [-0.2, 0) is 9.53 Å². The molecule has 0 spiro atoms. The maximum Gasteiger partial charge on any atom is 0.313 e. The van der Waals surface area contributed by atoms with Crippen molar-refractivity contribution in [1.29, 1.82) is 0 Å². The molecule has 0 bridgehead atoms. The predicted octanol–water partition coefficient (Wildman–Crippen LogP) is 5.42. The van der Waals surface area contributed by atoms with Crippen molar-refractivity contribution in [1.82, 2.24) is 0 Å². The summed E-state index contributed by atoms with van der Waals surface area (Å²) in [4.78, 5) is 12.2. The van der Waals surface area contributed by atoms with E-state index in [1.165, 1.54) is 11.1 Å². The summed E-state index contributed by atoms with van der Waals surface area (Å²) in [6.07, 6.45) is 7.05. The number of hydrogen-bond acceptors (Lipinski definition) is 2. The first-order valence-electron chi connectivity index (χ1n) is 8.05. The quantitative estimate of drug-likeness (QED) is 0.473. The van der Waals surface area contributed by atoms with Crippen molar-refractivity contribution in [2.24, 2.45) is 0 Å². The molecule has 120 valence electrons. The number of hydrogen-bond donors (Lipinski definition) is 0. The smallest absolute Gasteiger partial charge is 0.313 e. The van der Waals surface area contributed by atoms with Gasteiger partial charge in [0.2, 0.25) is 0 Å². The summed E-state index contributed by atoms with van der Waals surface area (Å²) in [6.45, 7) is 8.67. The van der Waals surface area contributed by atoms with Crippen LogP contribution in [0.15, 0.2) is 53.6 Å². The third kappa shape index (κ3) is 6.75. The zero-order valence-electron chi connectivity index (χ0n) is 14.3. The van der Waals surface area contributed by atoms with Crippen LogP contribution >= 0.6 is 0 Å². The monoisotopic (exact) mass is 300 g/mol. The van der Waals surface area contributed by atoms with E-state index >= 15 is 0 Å². The lowest BCUT2D eigenvalue weighted by molar-refractivity contribution is -0.144. The number of carbonyl (C=O) groups is 1. The van der Waals surface area contributed by atoms with Gasteiger partial charge in [-0.15, -0.1) is 0 Å². The lowest BCUT2D eigenvalue weighted by atomic mass is 9.97. The van der Waals surface area contributed by atoms with Crippen LogP contribution in [0, 0.1) is 0 Å². The Balaban J connectivity index is 2.46. The van der Waals surface area contributed by atoms with E-state index in [1.807, 2.05) is 43.3 Å². The molecular formula is C20H28O2.